The van der Waals surface area contributed by atoms with Crippen LogP contribution in [0, 0.1) is 20.8 Å². The summed E-state index contributed by atoms with van der Waals surface area (Å²) in [6.07, 6.45) is 0.181. The molecule has 3 rings (SSSR count). The first-order chi connectivity index (χ1) is 11.0. The zero-order chi connectivity index (χ0) is 16.6. The van der Waals surface area contributed by atoms with Crippen LogP contribution in [-0.4, -0.2) is 17.9 Å². The summed E-state index contributed by atoms with van der Waals surface area (Å²) in [6.45, 7) is 5.91. The summed E-state index contributed by atoms with van der Waals surface area (Å²) in [7, 11) is 0. The molecule has 1 saturated heterocycles. The van der Waals surface area contributed by atoms with E-state index < -0.39 is 6.04 Å². The Morgan fingerprint density at radius 1 is 1.04 bits per heavy atom. The number of hydrogen-bond donors (Lipinski definition) is 1. The first-order valence-electron chi connectivity index (χ1n) is 7.73. The highest BCUT2D eigenvalue weighted by Gasteiger charge is 2.40. The van der Waals surface area contributed by atoms with Crippen molar-refractivity contribution in [3.8, 4) is 0 Å². The highest BCUT2D eigenvalue weighted by molar-refractivity contribution is 6.23. The molecule has 0 radical (unpaired) electrons. The van der Waals surface area contributed by atoms with Gasteiger partial charge in [-0.2, -0.15) is 0 Å². The van der Waals surface area contributed by atoms with Crippen LogP contribution in [0.15, 0.2) is 42.5 Å². The second-order valence-corrected chi connectivity index (χ2v) is 6.06. The van der Waals surface area contributed by atoms with E-state index in [9.17, 15) is 9.59 Å². The molecule has 0 aliphatic carbocycles. The number of imide groups is 1. The molecule has 118 valence electrons. The predicted molar refractivity (Wildman–Crippen MR) is 91.6 cm³/mol. The van der Waals surface area contributed by atoms with Gasteiger partial charge in [-0.05, 0) is 55.7 Å². The van der Waals surface area contributed by atoms with Gasteiger partial charge in [0.1, 0.15) is 6.04 Å². The van der Waals surface area contributed by atoms with Gasteiger partial charge >= 0.3 is 0 Å². The molecule has 23 heavy (non-hydrogen) atoms. The lowest BCUT2D eigenvalue weighted by molar-refractivity contribution is -0.121. The SMILES string of the molecule is Cc1cccc(N[C@@H]2CC(=O)N(c3cccc(C)c3C)C2=O)c1. The second-order valence-electron chi connectivity index (χ2n) is 6.06. The van der Waals surface area contributed by atoms with E-state index in [4.69, 9.17) is 0 Å². The maximum absolute atomic E-state index is 12.7. The van der Waals surface area contributed by atoms with Crippen LogP contribution < -0.4 is 10.2 Å². The molecule has 4 nitrogen and oxygen atoms in total. The van der Waals surface area contributed by atoms with Crippen molar-refractivity contribution in [3.63, 3.8) is 0 Å². The number of hydrogen-bond acceptors (Lipinski definition) is 3. The average Bonchev–Trinajstić information content (AvgIpc) is 2.77. The van der Waals surface area contributed by atoms with Crippen LogP contribution in [0.3, 0.4) is 0 Å². The van der Waals surface area contributed by atoms with E-state index in [1.807, 2.05) is 63.2 Å². The van der Waals surface area contributed by atoms with Crippen molar-refractivity contribution in [2.75, 3.05) is 10.2 Å². The van der Waals surface area contributed by atoms with Gasteiger partial charge in [0, 0.05) is 5.69 Å². The molecule has 1 aliphatic heterocycles. The molecule has 1 fully saturated rings. The number of rotatable bonds is 3. The molecule has 1 aliphatic rings. The number of aryl methyl sites for hydroxylation is 2. The van der Waals surface area contributed by atoms with Gasteiger partial charge in [-0.25, -0.2) is 4.90 Å². The van der Waals surface area contributed by atoms with E-state index in [0.717, 1.165) is 22.4 Å². The Labute approximate surface area is 136 Å². The number of anilines is 2. The lowest BCUT2D eigenvalue weighted by Crippen LogP contribution is -2.35. The van der Waals surface area contributed by atoms with Crippen LogP contribution in [0.5, 0.6) is 0 Å². The molecule has 1 atom stereocenters. The number of carbonyl (C=O) groups excluding carboxylic acids is 2. The lowest BCUT2D eigenvalue weighted by atomic mass is 10.1. The Kier molecular flexibility index (Phi) is 3.90. The van der Waals surface area contributed by atoms with Crippen molar-refractivity contribution < 1.29 is 9.59 Å². The molecular formula is C19H20N2O2. The van der Waals surface area contributed by atoms with E-state index in [1.54, 1.807) is 0 Å². The summed E-state index contributed by atoms with van der Waals surface area (Å²) in [5.74, 6) is -0.348. The van der Waals surface area contributed by atoms with Crippen LogP contribution in [0.1, 0.15) is 23.1 Å². The quantitative estimate of drug-likeness (QED) is 0.885. The van der Waals surface area contributed by atoms with Gasteiger partial charge in [0.15, 0.2) is 0 Å². The lowest BCUT2D eigenvalue weighted by Gasteiger charge is -2.19. The molecule has 4 heteroatoms. The van der Waals surface area contributed by atoms with E-state index >= 15 is 0 Å². The van der Waals surface area contributed by atoms with Crippen LogP contribution >= 0.6 is 0 Å². The highest BCUT2D eigenvalue weighted by Crippen LogP contribution is 2.29. The molecule has 1 heterocycles. The Morgan fingerprint density at radius 2 is 1.78 bits per heavy atom. The van der Waals surface area contributed by atoms with Gasteiger partial charge in [0.2, 0.25) is 5.91 Å². The summed E-state index contributed by atoms with van der Waals surface area (Å²) < 4.78 is 0. The molecule has 1 N–H and O–H groups in total. The van der Waals surface area contributed by atoms with Gasteiger partial charge < -0.3 is 5.32 Å². The van der Waals surface area contributed by atoms with Gasteiger partial charge in [0.25, 0.3) is 5.91 Å². The Bertz CT molecular complexity index is 783. The maximum atomic E-state index is 12.7. The number of nitrogens with one attached hydrogen (secondary N) is 1. The summed E-state index contributed by atoms with van der Waals surface area (Å²) >= 11 is 0. The smallest absolute Gasteiger partial charge is 0.256 e. The summed E-state index contributed by atoms with van der Waals surface area (Å²) in [5.41, 5.74) is 4.69. The van der Waals surface area contributed by atoms with Crippen LogP contribution in [-0.2, 0) is 9.59 Å². The fraction of sp³-hybridized carbons (Fsp3) is 0.263. The monoisotopic (exact) mass is 308 g/mol. The third-order valence-electron chi connectivity index (χ3n) is 4.32. The first-order valence-corrected chi connectivity index (χ1v) is 7.73. The normalized spacial score (nSPS) is 17.7. The Balaban J connectivity index is 1.87. The average molecular weight is 308 g/mol. The summed E-state index contributed by atoms with van der Waals surface area (Å²) in [4.78, 5) is 26.4. The predicted octanol–water partition coefficient (Wildman–Crippen LogP) is 3.36. The molecular weight excluding hydrogens is 288 g/mol. The van der Waals surface area contributed by atoms with E-state index in [-0.39, 0.29) is 18.2 Å². The van der Waals surface area contributed by atoms with Crippen LogP contribution in [0.25, 0.3) is 0 Å². The number of amides is 2. The molecule has 2 aromatic carbocycles. The van der Waals surface area contributed by atoms with Gasteiger partial charge in [-0.1, -0.05) is 24.3 Å². The van der Waals surface area contributed by atoms with E-state index in [1.165, 1.54) is 4.90 Å². The summed E-state index contributed by atoms with van der Waals surface area (Å²) in [6, 6.07) is 13.0. The molecule has 2 amide bonds. The third-order valence-corrected chi connectivity index (χ3v) is 4.32. The highest BCUT2D eigenvalue weighted by atomic mass is 16.2. The molecule has 0 unspecified atom stereocenters. The van der Waals surface area contributed by atoms with Crippen molar-refractivity contribution in [3.05, 3.63) is 59.2 Å². The van der Waals surface area contributed by atoms with Gasteiger partial charge in [-0.3, -0.25) is 9.59 Å². The van der Waals surface area contributed by atoms with Crippen molar-refractivity contribution in [1.82, 2.24) is 0 Å². The minimum Gasteiger partial charge on any atom is -0.373 e. The molecule has 0 saturated carbocycles. The number of benzene rings is 2. The van der Waals surface area contributed by atoms with Crippen molar-refractivity contribution in [2.24, 2.45) is 0 Å². The number of nitrogens with zero attached hydrogens (tertiary/aromatic N) is 1. The molecule has 0 aromatic heterocycles. The van der Waals surface area contributed by atoms with Crippen molar-refractivity contribution >= 4 is 23.2 Å². The minimum absolute atomic E-state index is 0.158. The summed E-state index contributed by atoms with van der Waals surface area (Å²) in [5, 5.41) is 3.18. The Morgan fingerprint density at radius 3 is 2.52 bits per heavy atom. The first kappa shape index (κ1) is 15.3. The van der Waals surface area contributed by atoms with Crippen molar-refractivity contribution in [1.29, 1.82) is 0 Å². The standard InChI is InChI=1S/C19H20N2O2/c1-12-6-4-8-15(10-12)20-16-11-18(22)21(19(16)23)17-9-5-7-13(2)14(17)3/h4-10,16,20H,11H2,1-3H3/t16-/m1/s1. The molecule has 2 aromatic rings. The maximum Gasteiger partial charge on any atom is 0.256 e. The Hall–Kier alpha value is -2.62. The zero-order valence-corrected chi connectivity index (χ0v) is 13.6. The van der Waals surface area contributed by atoms with Gasteiger partial charge in [0.05, 0.1) is 12.1 Å². The third kappa shape index (κ3) is 2.84. The van der Waals surface area contributed by atoms with Crippen LogP contribution in [0.2, 0.25) is 0 Å². The van der Waals surface area contributed by atoms with Crippen LogP contribution in [0.4, 0.5) is 11.4 Å². The number of carbonyl (C=O) groups is 2. The largest absolute Gasteiger partial charge is 0.373 e. The fourth-order valence-corrected chi connectivity index (χ4v) is 2.91. The topological polar surface area (TPSA) is 49.4 Å². The fourth-order valence-electron chi connectivity index (χ4n) is 2.91. The van der Waals surface area contributed by atoms with Gasteiger partial charge in [-0.15, -0.1) is 0 Å². The van der Waals surface area contributed by atoms with E-state index in [0.29, 0.717) is 5.69 Å². The molecule has 0 bridgehead atoms. The zero-order valence-electron chi connectivity index (χ0n) is 13.6. The minimum atomic E-state index is -0.510. The van der Waals surface area contributed by atoms with Crippen molar-refractivity contribution in [2.45, 2.75) is 33.2 Å². The second kappa shape index (κ2) is 5.88. The van der Waals surface area contributed by atoms with E-state index in [2.05, 4.69) is 5.32 Å². The molecule has 0 spiro atoms.